The Kier molecular flexibility index (Phi) is 7.48. The van der Waals surface area contributed by atoms with Gasteiger partial charge < -0.3 is 10.0 Å². The van der Waals surface area contributed by atoms with Crippen LogP contribution in [0.3, 0.4) is 0 Å². The minimum absolute atomic E-state index is 0.915. The summed E-state index contributed by atoms with van der Waals surface area (Å²) in [4.78, 5) is 12.9. The maximum Gasteiger partial charge on any atom is 0.328 e. The molecule has 0 aromatic heterocycles. The fourth-order valence-electron chi connectivity index (χ4n) is 2.03. The van der Waals surface area contributed by atoms with Crippen LogP contribution in [-0.4, -0.2) is 24.2 Å². The highest BCUT2D eigenvalue weighted by molar-refractivity contribution is 5.85. The van der Waals surface area contributed by atoms with Crippen LogP contribution in [-0.2, 0) is 4.79 Å². The van der Waals surface area contributed by atoms with E-state index in [0.717, 1.165) is 18.7 Å². The number of carbonyl (C=O) groups is 1. The average Bonchev–Trinajstić information content (AvgIpc) is 2.46. The molecule has 0 heterocycles. The van der Waals surface area contributed by atoms with Gasteiger partial charge in [0, 0.05) is 24.9 Å². The number of benzene rings is 1. The summed E-state index contributed by atoms with van der Waals surface area (Å²) in [7, 11) is 0. The lowest BCUT2D eigenvalue weighted by atomic mass is 10.1. The molecule has 0 unspecified atom stereocenters. The third kappa shape index (κ3) is 5.91. The molecule has 0 saturated heterocycles. The standard InChI is InChI=1S/C17H25NO2/c1-3-5-13-18(14-6-4-2)16-10-7-15(8-11-16)9-12-17(19)20/h7-12H,3-6,13-14H2,1-2H3,(H,19,20). The molecule has 0 radical (unpaired) electrons. The van der Waals surface area contributed by atoms with E-state index >= 15 is 0 Å². The first kappa shape index (κ1) is 16.3. The summed E-state index contributed by atoms with van der Waals surface area (Å²) in [5, 5.41) is 8.62. The van der Waals surface area contributed by atoms with Crippen LogP contribution in [0.4, 0.5) is 5.69 Å². The van der Waals surface area contributed by atoms with Gasteiger partial charge in [0.2, 0.25) is 0 Å². The zero-order valence-electron chi connectivity index (χ0n) is 12.5. The van der Waals surface area contributed by atoms with Crippen molar-refractivity contribution < 1.29 is 9.90 Å². The number of hydrogen-bond donors (Lipinski definition) is 1. The molecule has 3 nitrogen and oxygen atoms in total. The Labute approximate surface area is 121 Å². The van der Waals surface area contributed by atoms with Crippen LogP contribution in [0.2, 0.25) is 0 Å². The van der Waals surface area contributed by atoms with Crippen LogP contribution in [0.15, 0.2) is 30.3 Å². The van der Waals surface area contributed by atoms with E-state index in [1.165, 1.54) is 37.4 Å². The molecule has 0 aliphatic rings. The van der Waals surface area contributed by atoms with E-state index in [1.54, 1.807) is 6.08 Å². The Balaban J connectivity index is 2.72. The fraction of sp³-hybridized carbons (Fsp3) is 0.471. The third-order valence-electron chi connectivity index (χ3n) is 3.24. The van der Waals surface area contributed by atoms with E-state index in [4.69, 9.17) is 5.11 Å². The molecule has 0 spiro atoms. The second-order valence-corrected chi connectivity index (χ2v) is 4.96. The predicted molar refractivity (Wildman–Crippen MR) is 85.1 cm³/mol. The molecular formula is C17H25NO2. The van der Waals surface area contributed by atoms with Crippen molar-refractivity contribution in [2.75, 3.05) is 18.0 Å². The Morgan fingerprint density at radius 1 is 1.10 bits per heavy atom. The van der Waals surface area contributed by atoms with Crippen LogP contribution < -0.4 is 4.90 Å². The fourth-order valence-corrected chi connectivity index (χ4v) is 2.03. The number of hydrogen-bond acceptors (Lipinski definition) is 2. The summed E-state index contributed by atoms with van der Waals surface area (Å²) in [6.45, 7) is 6.58. The number of carboxylic acid groups (broad SMARTS) is 1. The lowest BCUT2D eigenvalue weighted by molar-refractivity contribution is -0.131. The minimum atomic E-state index is -0.915. The van der Waals surface area contributed by atoms with Crippen LogP contribution in [0.5, 0.6) is 0 Å². The normalized spacial score (nSPS) is 10.9. The molecule has 0 saturated carbocycles. The maximum atomic E-state index is 10.5. The van der Waals surface area contributed by atoms with Gasteiger partial charge in [-0.05, 0) is 36.6 Å². The molecule has 1 N–H and O–H groups in total. The molecular weight excluding hydrogens is 250 g/mol. The molecule has 0 bridgehead atoms. The molecule has 20 heavy (non-hydrogen) atoms. The number of anilines is 1. The van der Waals surface area contributed by atoms with Crippen LogP contribution in [0, 0.1) is 0 Å². The van der Waals surface area contributed by atoms with Gasteiger partial charge in [-0.1, -0.05) is 38.8 Å². The van der Waals surface area contributed by atoms with Gasteiger partial charge in [0.15, 0.2) is 0 Å². The van der Waals surface area contributed by atoms with E-state index in [0.29, 0.717) is 0 Å². The van der Waals surface area contributed by atoms with Crippen molar-refractivity contribution in [3.63, 3.8) is 0 Å². The lowest BCUT2D eigenvalue weighted by Crippen LogP contribution is -2.25. The first-order valence-corrected chi connectivity index (χ1v) is 7.43. The van der Waals surface area contributed by atoms with Crippen molar-refractivity contribution in [3.8, 4) is 0 Å². The van der Waals surface area contributed by atoms with Gasteiger partial charge in [-0.15, -0.1) is 0 Å². The first-order chi connectivity index (χ1) is 9.67. The second kappa shape index (κ2) is 9.18. The summed E-state index contributed by atoms with van der Waals surface area (Å²) < 4.78 is 0. The Morgan fingerprint density at radius 2 is 1.65 bits per heavy atom. The average molecular weight is 275 g/mol. The minimum Gasteiger partial charge on any atom is -0.478 e. The highest BCUT2D eigenvalue weighted by Gasteiger charge is 2.05. The van der Waals surface area contributed by atoms with Gasteiger partial charge in [-0.25, -0.2) is 4.79 Å². The number of carboxylic acids is 1. The molecule has 1 rings (SSSR count). The quantitative estimate of drug-likeness (QED) is 0.687. The largest absolute Gasteiger partial charge is 0.478 e. The Bertz CT molecular complexity index is 415. The smallest absolute Gasteiger partial charge is 0.328 e. The van der Waals surface area contributed by atoms with Crippen molar-refractivity contribution in [1.29, 1.82) is 0 Å². The molecule has 0 atom stereocenters. The summed E-state index contributed by atoms with van der Waals surface area (Å²) in [6, 6.07) is 8.10. The van der Waals surface area contributed by atoms with Gasteiger partial charge >= 0.3 is 5.97 Å². The van der Waals surface area contributed by atoms with Crippen LogP contribution >= 0.6 is 0 Å². The molecule has 0 aliphatic heterocycles. The highest BCUT2D eigenvalue weighted by Crippen LogP contribution is 2.17. The maximum absolute atomic E-state index is 10.5. The van der Waals surface area contributed by atoms with Crippen molar-refractivity contribution in [1.82, 2.24) is 0 Å². The molecule has 1 aromatic rings. The van der Waals surface area contributed by atoms with E-state index in [-0.39, 0.29) is 0 Å². The third-order valence-corrected chi connectivity index (χ3v) is 3.24. The van der Waals surface area contributed by atoms with E-state index in [2.05, 4.69) is 30.9 Å². The SMILES string of the molecule is CCCCN(CCCC)c1ccc(C=CC(=O)O)cc1. The predicted octanol–water partition coefficient (Wildman–Crippen LogP) is 4.19. The highest BCUT2D eigenvalue weighted by atomic mass is 16.4. The van der Waals surface area contributed by atoms with Gasteiger partial charge in [-0.2, -0.15) is 0 Å². The van der Waals surface area contributed by atoms with Gasteiger partial charge in [0.25, 0.3) is 0 Å². The summed E-state index contributed by atoms with van der Waals surface area (Å²) in [6.07, 6.45) is 7.58. The molecule has 110 valence electrons. The van der Waals surface area contributed by atoms with Gasteiger partial charge in [-0.3, -0.25) is 0 Å². The molecule has 1 aromatic carbocycles. The molecule has 0 aliphatic carbocycles. The number of unbranched alkanes of at least 4 members (excludes halogenated alkanes) is 2. The van der Waals surface area contributed by atoms with Crippen molar-refractivity contribution in [2.24, 2.45) is 0 Å². The lowest BCUT2D eigenvalue weighted by Gasteiger charge is -2.24. The van der Waals surface area contributed by atoms with E-state index in [1.807, 2.05) is 12.1 Å². The number of aliphatic carboxylic acids is 1. The first-order valence-electron chi connectivity index (χ1n) is 7.43. The Hall–Kier alpha value is -1.77. The summed E-state index contributed by atoms with van der Waals surface area (Å²) in [5.74, 6) is -0.915. The van der Waals surface area contributed by atoms with E-state index < -0.39 is 5.97 Å². The molecule has 0 amide bonds. The number of rotatable bonds is 9. The monoisotopic (exact) mass is 275 g/mol. The molecule has 0 fully saturated rings. The topological polar surface area (TPSA) is 40.5 Å². The molecule has 3 heteroatoms. The van der Waals surface area contributed by atoms with Crippen molar-refractivity contribution in [2.45, 2.75) is 39.5 Å². The number of nitrogens with zero attached hydrogens (tertiary/aromatic N) is 1. The van der Waals surface area contributed by atoms with Crippen LogP contribution in [0.25, 0.3) is 6.08 Å². The van der Waals surface area contributed by atoms with Crippen molar-refractivity contribution >= 4 is 17.7 Å². The van der Waals surface area contributed by atoms with Crippen molar-refractivity contribution in [3.05, 3.63) is 35.9 Å². The summed E-state index contributed by atoms with van der Waals surface area (Å²) >= 11 is 0. The van der Waals surface area contributed by atoms with Crippen LogP contribution in [0.1, 0.15) is 45.1 Å². The second-order valence-electron chi connectivity index (χ2n) is 4.96. The van der Waals surface area contributed by atoms with Gasteiger partial charge in [0.05, 0.1) is 0 Å². The zero-order chi connectivity index (χ0) is 14.8. The van der Waals surface area contributed by atoms with Gasteiger partial charge in [0.1, 0.15) is 0 Å². The summed E-state index contributed by atoms with van der Waals surface area (Å²) in [5.41, 5.74) is 2.14. The van der Waals surface area contributed by atoms with E-state index in [9.17, 15) is 4.79 Å². The Morgan fingerprint density at radius 3 is 2.10 bits per heavy atom. The zero-order valence-corrected chi connectivity index (χ0v) is 12.5.